The first kappa shape index (κ1) is 17.3. The number of nitrogens with zero attached hydrogens (tertiary/aromatic N) is 1. The number of pyridine rings is 1. The Hall–Kier alpha value is -3.08. The molecule has 2 rings (SSSR count). The van der Waals surface area contributed by atoms with Gasteiger partial charge in [-0.15, -0.1) is 0 Å². The maximum atomic E-state index is 11.8. The van der Waals surface area contributed by atoms with E-state index in [0.717, 1.165) is 5.56 Å². The monoisotopic (exact) mass is 325 g/mol. The van der Waals surface area contributed by atoms with E-state index in [-0.39, 0.29) is 12.0 Å². The van der Waals surface area contributed by atoms with E-state index in [1.807, 2.05) is 43.3 Å². The van der Waals surface area contributed by atoms with Crippen LogP contribution in [-0.4, -0.2) is 20.7 Å². The van der Waals surface area contributed by atoms with Crippen LogP contribution in [0.2, 0.25) is 0 Å². The van der Waals surface area contributed by atoms with E-state index in [2.05, 4.69) is 6.58 Å². The van der Waals surface area contributed by atoms with Crippen molar-refractivity contribution in [3.8, 4) is 5.75 Å². The van der Waals surface area contributed by atoms with Gasteiger partial charge in [0.05, 0.1) is 12.2 Å². The van der Waals surface area contributed by atoms with Crippen molar-refractivity contribution in [2.75, 3.05) is 0 Å². The third-order valence-corrected chi connectivity index (χ3v) is 3.77. The highest BCUT2D eigenvalue weighted by Crippen LogP contribution is 2.28. The lowest BCUT2D eigenvalue weighted by atomic mass is 9.93. The zero-order valence-corrected chi connectivity index (χ0v) is 13.3. The molecule has 0 radical (unpaired) electrons. The number of aromatic nitrogens is 1. The Morgan fingerprint density at radius 2 is 1.92 bits per heavy atom. The van der Waals surface area contributed by atoms with Crippen LogP contribution in [0.1, 0.15) is 28.9 Å². The van der Waals surface area contributed by atoms with Crippen LogP contribution in [0.4, 0.5) is 0 Å². The standard InChI is InChI=1S/C19H19NO4/c1-3-4-8-13(2)17(14-9-6-5-7-10-14)20-11-15(19(23)24)18(22)16(21)12-20/h3-13,17,21H,1H2,2H3,(H,23,24)/b8-4-. The molecule has 0 spiro atoms. The zero-order chi connectivity index (χ0) is 17.7. The number of carbonyl (C=O) groups is 1. The molecule has 0 aliphatic heterocycles. The van der Waals surface area contributed by atoms with Crippen LogP contribution < -0.4 is 5.43 Å². The molecule has 0 saturated carbocycles. The molecule has 2 unspecified atom stereocenters. The molecule has 1 aromatic carbocycles. The summed E-state index contributed by atoms with van der Waals surface area (Å²) in [5.41, 5.74) is -0.422. The number of aromatic hydroxyl groups is 1. The molecule has 0 saturated heterocycles. The molecule has 0 bridgehead atoms. The van der Waals surface area contributed by atoms with Gasteiger partial charge in [0.15, 0.2) is 5.75 Å². The molecule has 2 atom stereocenters. The van der Waals surface area contributed by atoms with Gasteiger partial charge in [0, 0.05) is 6.20 Å². The average Bonchev–Trinajstić information content (AvgIpc) is 2.57. The number of aromatic carboxylic acids is 1. The fourth-order valence-corrected chi connectivity index (χ4v) is 2.65. The van der Waals surface area contributed by atoms with Crippen molar-refractivity contribution in [3.05, 3.63) is 88.9 Å². The second-order valence-electron chi connectivity index (χ2n) is 5.47. The molecular weight excluding hydrogens is 306 g/mol. The van der Waals surface area contributed by atoms with Crippen molar-refractivity contribution in [2.45, 2.75) is 13.0 Å². The molecule has 2 aromatic rings. The predicted molar refractivity (Wildman–Crippen MR) is 92.4 cm³/mol. The van der Waals surface area contributed by atoms with Crippen LogP contribution in [0.15, 0.2) is 72.3 Å². The predicted octanol–water partition coefficient (Wildman–Crippen LogP) is 3.22. The Kier molecular flexibility index (Phi) is 5.37. The van der Waals surface area contributed by atoms with E-state index in [0.29, 0.717) is 0 Å². The van der Waals surface area contributed by atoms with Gasteiger partial charge in [-0.25, -0.2) is 4.79 Å². The van der Waals surface area contributed by atoms with Crippen LogP contribution in [0.25, 0.3) is 0 Å². The molecule has 0 aliphatic rings. The third-order valence-electron chi connectivity index (χ3n) is 3.77. The van der Waals surface area contributed by atoms with Gasteiger partial charge in [0.25, 0.3) is 0 Å². The van der Waals surface area contributed by atoms with Crippen LogP contribution in [0.3, 0.4) is 0 Å². The van der Waals surface area contributed by atoms with E-state index < -0.39 is 22.7 Å². The summed E-state index contributed by atoms with van der Waals surface area (Å²) in [4.78, 5) is 23.1. The molecule has 0 aliphatic carbocycles. The molecule has 24 heavy (non-hydrogen) atoms. The summed E-state index contributed by atoms with van der Waals surface area (Å²) in [6, 6.07) is 9.19. The molecule has 1 aromatic heterocycles. The average molecular weight is 325 g/mol. The minimum absolute atomic E-state index is 0.0334. The number of carboxylic acid groups (broad SMARTS) is 1. The Morgan fingerprint density at radius 1 is 1.25 bits per heavy atom. The van der Waals surface area contributed by atoms with Crippen LogP contribution >= 0.6 is 0 Å². The van der Waals surface area contributed by atoms with Gasteiger partial charge in [-0.3, -0.25) is 4.79 Å². The lowest BCUT2D eigenvalue weighted by molar-refractivity contribution is 0.0693. The van der Waals surface area contributed by atoms with Crippen LogP contribution in [0, 0.1) is 5.92 Å². The number of hydrogen-bond acceptors (Lipinski definition) is 3. The van der Waals surface area contributed by atoms with Gasteiger partial charge in [-0.2, -0.15) is 0 Å². The number of allylic oxidation sites excluding steroid dienone is 3. The lowest BCUT2D eigenvalue weighted by Crippen LogP contribution is -2.23. The summed E-state index contributed by atoms with van der Waals surface area (Å²) in [6.45, 7) is 5.61. The van der Waals surface area contributed by atoms with Gasteiger partial charge in [-0.1, -0.05) is 62.1 Å². The summed E-state index contributed by atoms with van der Waals surface area (Å²) < 4.78 is 1.56. The molecule has 0 fully saturated rings. The fourth-order valence-electron chi connectivity index (χ4n) is 2.65. The first-order chi connectivity index (χ1) is 11.5. The first-order valence-electron chi connectivity index (χ1n) is 7.48. The van der Waals surface area contributed by atoms with Gasteiger partial charge in [0.1, 0.15) is 5.56 Å². The Morgan fingerprint density at radius 3 is 2.50 bits per heavy atom. The minimum atomic E-state index is -1.37. The molecular formula is C19H19NO4. The Bertz CT molecular complexity index is 821. The third kappa shape index (κ3) is 3.63. The SMILES string of the molecule is C=C/C=C\C(C)C(c1ccccc1)n1cc(O)c(=O)c(C(=O)O)c1. The lowest BCUT2D eigenvalue weighted by Gasteiger charge is -2.26. The normalized spacial score (nSPS) is 13.5. The van der Waals surface area contributed by atoms with E-state index in [4.69, 9.17) is 0 Å². The fraction of sp³-hybridized carbons (Fsp3) is 0.158. The van der Waals surface area contributed by atoms with Gasteiger partial charge in [-0.05, 0) is 11.5 Å². The largest absolute Gasteiger partial charge is 0.503 e. The van der Waals surface area contributed by atoms with E-state index in [9.17, 15) is 19.8 Å². The van der Waals surface area contributed by atoms with Crippen molar-refractivity contribution in [1.29, 1.82) is 0 Å². The number of carboxylic acids is 1. The van der Waals surface area contributed by atoms with Crippen molar-refractivity contribution in [2.24, 2.45) is 5.92 Å². The Balaban J connectivity index is 2.64. The van der Waals surface area contributed by atoms with E-state index in [1.54, 1.807) is 16.7 Å². The minimum Gasteiger partial charge on any atom is -0.503 e. The van der Waals surface area contributed by atoms with Gasteiger partial charge < -0.3 is 14.8 Å². The van der Waals surface area contributed by atoms with Gasteiger partial charge in [0.2, 0.25) is 5.43 Å². The molecule has 0 amide bonds. The second kappa shape index (κ2) is 7.46. The summed E-state index contributed by atoms with van der Waals surface area (Å²) in [5, 5.41) is 19.0. The maximum absolute atomic E-state index is 11.8. The highest BCUT2D eigenvalue weighted by molar-refractivity contribution is 5.87. The number of hydrogen-bond donors (Lipinski definition) is 2. The van der Waals surface area contributed by atoms with E-state index >= 15 is 0 Å². The molecule has 5 heteroatoms. The number of benzene rings is 1. The summed E-state index contributed by atoms with van der Waals surface area (Å²) in [6.07, 6.45) is 7.93. The zero-order valence-electron chi connectivity index (χ0n) is 13.3. The van der Waals surface area contributed by atoms with Crippen LogP contribution in [0.5, 0.6) is 5.75 Å². The van der Waals surface area contributed by atoms with Crippen molar-refractivity contribution < 1.29 is 15.0 Å². The Labute approximate surface area is 139 Å². The number of rotatable bonds is 6. The summed E-state index contributed by atoms with van der Waals surface area (Å²) >= 11 is 0. The quantitative estimate of drug-likeness (QED) is 0.799. The van der Waals surface area contributed by atoms with Gasteiger partial charge >= 0.3 is 5.97 Å². The molecule has 5 nitrogen and oxygen atoms in total. The van der Waals surface area contributed by atoms with Crippen molar-refractivity contribution in [3.63, 3.8) is 0 Å². The van der Waals surface area contributed by atoms with Crippen LogP contribution in [-0.2, 0) is 0 Å². The molecule has 1 heterocycles. The van der Waals surface area contributed by atoms with Crippen molar-refractivity contribution >= 4 is 5.97 Å². The van der Waals surface area contributed by atoms with E-state index in [1.165, 1.54) is 12.4 Å². The first-order valence-corrected chi connectivity index (χ1v) is 7.48. The highest BCUT2D eigenvalue weighted by Gasteiger charge is 2.22. The van der Waals surface area contributed by atoms with Crippen molar-refractivity contribution in [1.82, 2.24) is 4.57 Å². The molecule has 124 valence electrons. The second-order valence-corrected chi connectivity index (χ2v) is 5.47. The molecule has 2 N–H and O–H groups in total. The summed E-state index contributed by atoms with van der Waals surface area (Å²) in [5.74, 6) is -1.99. The topological polar surface area (TPSA) is 79.5 Å². The summed E-state index contributed by atoms with van der Waals surface area (Å²) in [7, 11) is 0. The highest BCUT2D eigenvalue weighted by atomic mass is 16.4. The maximum Gasteiger partial charge on any atom is 0.341 e. The smallest absolute Gasteiger partial charge is 0.341 e.